The summed E-state index contributed by atoms with van der Waals surface area (Å²) in [6.45, 7) is 3.84. The topological polar surface area (TPSA) is 29.5 Å². The molecule has 0 aromatic heterocycles. The van der Waals surface area contributed by atoms with Gasteiger partial charge in [0.25, 0.3) is 0 Å². The van der Waals surface area contributed by atoms with E-state index in [0.29, 0.717) is 6.42 Å². The number of benzene rings is 3. The van der Waals surface area contributed by atoms with Gasteiger partial charge in [0.05, 0.1) is 5.69 Å². The van der Waals surface area contributed by atoms with Crippen LogP contribution in [0, 0.1) is 17.3 Å². The van der Waals surface area contributed by atoms with Gasteiger partial charge >= 0.3 is 0 Å². The average Bonchev–Trinajstić information content (AvgIpc) is 2.87. The molecule has 3 aromatic rings. The first-order valence-electron chi connectivity index (χ1n) is 11.8. The molecule has 0 spiro atoms. The zero-order valence-electron chi connectivity index (χ0n) is 19.4. The second-order valence-electron chi connectivity index (χ2n) is 8.62. The summed E-state index contributed by atoms with van der Waals surface area (Å²) in [6.07, 6.45) is 3.12. The van der Waals surface area contributed by atoms with Crippen LogP contribution in [-0.2, 0) is 9.63 Å². The third-order valence-corrected chi connectivity index (χ3v) is 6.34. The molecule has 1 aliphatic heterocycles. The lowest BCUT2D eigenvalue weighted by Crippen LogP contribution is -2.51. The minimum absolute atomic E-state index is 0.0745. The van der Waals surface area contributed by atoms with Crippen molar-refractivity contribution in [3.8, 4) is 11.8 Å². The molecule has 168 valence electrons. The van der Waals surface area contributed by atoms with E-state index in [2.05, 4.69) is 43.0 Å². The molecule has 0 aliphatic carbocycles. The average molecular weight is 438 g/mol. The van der Waals surface area contributed by atoms with Crippen LogP contribution in [0.3, 0.4) is 0 Å². The number of rotatable bonds is 6. The molecule has 1 saturated heterocycles. The van der Waals surface area contributed by atoms with Crippen LogP contribution in [0.25, 0.3) is 0 Å². The second-order valence-corrected chi connectivity index (χ2v) is 8.62. The molecule has 3 atom stereocenters. The Bertz CT molecular complexity index is 1100. The molecule has 0 bridgehead atoms. The Balaban J connectivity index is 1.91. The van der Waals surface area contributed by atoms with Crippen LogP contribution < -0.4 is 5.06 Å². The standard InChI is InChI=1S/C30H31NO2/c1-3-4-5-15-22-30(24(2)32)23-28(25-16-9-6-10-17-25)33-31(27-20-13-8-14-21-27)29(30)26-18-11-7-12-19-26/h6-14,16-21,28-29H,3-5,23H2,1-2H3/t28-,29-,30+/m1/s1. The third-order valence-electron chi connectivity index (χ3n) is 6.34. The van der Waals surface area contributed by atoms with Crippen molar-refractivity contribution in [3.05, 3.63) is 102 Å². The van der Waals surface area contributed by atoms with Crippen LogP contribution in [-0.4, -0.2) is 5.78 Å². The summed E-state index contributed by atoms with van der Waals surface area (Å²) >= 11 is 0. The molecule has 0 N–H and O–H groups in total. The highest BCUT2D eigenvalue weighted by molar-refractivity contribution is 5.88. The zero-order chi connectivity index (χ0) is 23.1. The smallest absolute Gasteiger partial charge is 0.150 e. The summed E-state index contributed by atoms with van der Waals surface area (Å²) in [7, 11) is 0. The highest BCUT2D eigenvalue weighted by Gasteiger charge is 2.52. The SMILES string of the molecule is CCCCC#C[C@@]1(C(C)=O)C[C@H](c2ccccc2)ON(c2ccccc2)[C@@H]1c1ccccc1. The fourth-order valence-corrected chi connectivity index (χ4v) is 4.55. The summed E-state index contributed by atoms with van der Waals surface area (Å²) in [6, 6.07) is 30.0. The lowest BCUT2D eigenvalue weighted by atomic mass is 9.68. The summed E-state index contributed by atoms with van der Waals surface area (Å²) in [5, 5.41) is 1.92. The van der Waals surface area contributed by atoms with Gasteiger partial charge < -0.3 is 0 Å². The Morgan fingerprint density at radius 3 is 2.09 bits per heavy atom. The van der Waals surface area contributed by atoms with Gasteiger partial charge in [0.15, 0.2) is 5.78 Å². The number of para-hydroxylation sites is 1. The van der Waals surface area contributed by atoms with Crippen molar-refractivity contribution in [3.63, 3.8) is 0 Å². The Morgan fingerprint density at radius 1 is 0.939 bits per heavy atom. The number of carbonyl (C=O) groups is 1. The van der Waals surface area contributed by atoms with Gasteiger partial charge in [-0.1, -0.05) is 98.1 Å². The van der Waals surface area contributed by atoms with Gasteiger partial charge in [-0.3, -0.25) is 9.63 Å². The van der Waals surface area contributed by atoms with Gasteiger partial charge in [-0.05, 0) is 36.6 Å². The van der Waals surface area contributed by atoms with E-state index in [4.69, 9.17) is 4.84 Å². The predicted molar refractivity (Wildman–Crippen MR) is 133 cm³/mol. The van der Waals surface area contributed by atoms with Crippen molar-refractivity contribution < 1.29 is 9.63 Å². The first-order valence-corrected chi connectivity index (χ1v) is 11.8. The van der Waals surface area contributed by atoms with Gasteiger partial charge in [-0.25, -0.2) is 5.06 Å². The van der Waals surface area contributed by atoms with E-state index in [1.807, 2.05) is 71.8 Å². The molecule has 0 unspecified atom stereocenters. The van der Waals surface area contributed by atoms with Crippen molar-refractivity contribution in [2.45, 2.75) is 51.7 Å². The highest BCUT2D eigenvalue weighted by atomic mass is 16.7. The molecule has 3 aromatic carbocycles. The lowest BCUT2D eigenvalue weighted by Gasteiger charge is -2.49. The third kappa shape index (κ3) is 4.87. The molecule has 3 heteroatoms. The predicted octanol–water partition coefficient (Wildman–Crippen LogP) is 7.08. The normalized spacial score (nSPS) is 22.3. The van der Waals surface area contributed by atoms with Gasteiger partial charge in [0.2, 0.25) is 0 Å². The maximum Gasteiger partial charge on any atom is 0.150 e. The van der Waals surface area contributed by atoms with E-state index in [1.54, 1.807) is 6.92 Å². The molecule has 3 nitrogen and oxygen atoms in total. The van der Waals surface area contributed by atoms with Crippen LogP contribution in [0.15, 0.2) is 91.0 Å². The lowest BCUT2D eigenvalue weighted by molar-refractivity contribution is -0.136. The fourth-order valence-electron chi connectivity index (χ4n) is 4.55. The number of hydrogen-bond donors (Lipinski definition) is 0. The number of hydroxylamine groups is 1. The number of carbonyl (C=O) groups excluding carboxylic acids is 1. The molecular formula is C30H31NO2. The Labute approximate surface area is 197 Å². The molecule has 33 heavy (non-hydrogen) atoms. The van der Waals surface area contributed by atoms with E-state index < -0.39 is 5.41 Å². The van der Waals surface area contributed by atoms with Gasteiger partial charge in [0, 0.05) is 12.8 Å². The van der Waals surface area contributed by atoms with Crippen molar-refractivity contribution >= 4 is 11.5 Å². The zero-order valence-corrected chi connectivity index (χ0v) is 19.4. The van der Waals surface area contributed by atoms with Crippen LogP contribution in [0.5, 0.6) is 0 Å². The van der Waals surface area contributed by atoms with Gasteiger partial charge in [-0.15, -0.1) is 5.92 Å². The summed E-state index contributed by atoms with van der Waals surface area (Å²) < 4.78 is 0. The maximum absolute atomic E-state index is 13.5. The maximum atomic E-state index is 13.5. The van der Waals surface area contributed by atoms with Gasteiger partial charge in [-0.2, -0.15) is 0 Å². The van der Waals surface area contributed by atoms with Crippen LogP contribution >= 0.6 is 0 Å². The Hall–Kier alpha value is -3.35. The first-order chi connectivity index (χ1) is 16.2. The second kappa shape index (κ2) is 10.5. The van der Waals surface area contributed by atoms with Crippen molar-refractivity contribution in [1.29, 1.82) is 0 Å². The highest BCUT2D eigenvalue weighted by Crippen LogP contribution is 2.52. The Kier molecular flexibility index (Phi) is 7.27. The van der Waals surface area contributed by atoms with E-state index in [0.717, 1.165) is 36.1 Å². The molecular weight excluding hydrogens is 406 g/mol. The molecule has 1 fully saturated rings. The van der Waals surface area contributed by atoms with E-state index >= 15 is 0 Å². The van der Waals surface area contributed by atoms with Gasteiger partial charge in [0.1, 0.15) is 17.6 Å². The number of Topliss-reactive ketones (excluding diaryl/α,β-unsaturated/α-hetero) is 1. The van der Waals surface area contributed by atoms with E-state index in [9.17, 15) is 4.79 Å². The fraction of sp³-hybridized carbons (Fsp3) is 0.300. The summed E-state index contributed by atoms with van der Waals surface area (Å²) in [5.41, 5.74) is 2.08. The van der Waals surface area contributed by atoms with E-state index in [1.165, 1.54) is 0 Å². The first kappa shape index (κ1) is 22.8. The number of nitrogens with zero attached hydrogens (tertiary/aromatic N) is 1. The minimum Gasteiger partial charge on any atom is -0.298 e. The largest absolute Gasteiger partial charge is 0.298 e. The summed E-state index contributed by atoms with van der Waals surface area (Å²) in [5.74, 6) is 6.94. The van der Waals surface area contributed by atoms with Crippen molar-refractivity contribution in [1.82, 2.24) is 0 Å². The quantitative estimate of drug-likeness (QED) is 0.305. The summed E-state index contributed by atoms with van der Waals surface area (Å²) in [4.78, 5) is 20.2. The number of anilines is 1. The molecule has 4 rings (SSSR count). The van der Waals surface area contributed by atoms with E-state index in [-0.39, 0.29) is 17.9 Å². The molecule has 1 aliphatic rings. The molecule has 1 heterocycles. The van der Waals surface area contributed by atoms with Crippen LogP contribution in [0.4, 0.5) is 5.69 Å². The Morgan fingerprint density at radius 2 is 1.52 bits per heavy atom. The van der Waals surface area contributed by atoms with Crippen LogP contribution in [0.2, 0.25) is 0 Å². The van der Waals surface area contributed by atoms with Crippen LogP contribution in [0.1, 0.15) is 62.8 Å². The number of ketones is 1. The minimum atomic E-state index is -0.899. The number of hydrogen-bond acceptors (Lipinski definition) is 3. The molecule has 0 saturated carbocycles. The van der Waals surface area contributed by atoms with Crippen molar-refractivity contribution in [2.24, 2.45) is 5.41 Å². The van der Waals surface area contributed by atoms with Crippen molar-refractivity contribution in [2.75, 3.05) is 5.06 Å². The molecule has 0 amide bonds. The monoisotopic (exact) mass is 437 g/mol. The molecule has 0 radical (unpaired) electrons. The number of unbranched alkanes of at least 4 members (excludes halogenated alkanes) is 2.